The minimum atomic E-state index is -0.692. The van der Waals surface area contributed by atoms with Gasteiger partial charge in [-0.25, -0.2) is 30.0 Å². The van der Waals surface area contributed by atoms with Crippen molar-refractivity contribution in [2.45, 2.75) is 84.3 Å². The Morgan fingerprint density at radius 3 is 1.96 bits per heavy atom. The third-order valence-electron chi connectivity index (χ3n) is 10.3. The number of hydrogen-bond donors (Lipinski definition) is 4. The summed E-state index contributed by atoms with van der Waals surface area (Å²) in [5, 5.41) is 4.01. The number of H-pyrrole nitrogens is 2. The maximum atomic E-state index is 13.6. The van der Waals surface area contributed by atoms with Gasteiger partial charge in [-0.15, -0.1) is 0 Å². The molecule has 0 radical (unpaired) electrons. The summed E-state index contributed by atoms with van der Waals surface area (Å²) in [6.07, 6.45) is 7.03. The van der Waals surface area contributed by atoms with Crippen molar-refractivity contribution in [2.24, 2.45) is 5.92 Å². The fourth-order valence-electron chi connectivity index (χ4n) is 7.26. The number of aromatic amines is 2. The van der Waals surface area contributed by atoms with Crippen molar-refractivity contribution < 1.29 is 28.7 Å². The van der Waals surface area contributed by atoms with Gasteiger partial charge < -0.3 is 29.7 Å². The lowest BCUT2D eigenvalue weighted by Gasteiger charge is -2.30. The molecule has 290 valence electrons. The van der Waals surface area contributed by atoms with Crippen molar-refractivity contribution in [3.05, 3.63) is 78.1 Å². The summed E-state index contributed by atoms with van der Waals surface area (Å²) < 4.78 is 9.49. The Morgan fingerprint density at radius 2 is 1.36 bits per heavy atom. The fraction of sp³-hybridized carbons (Fsp3) is 0.415. The largest absolute Gasteiger partial charge is 0.453 e. The van der Waals surface area contributed by atoms with Gasteiger partial charge in [0, 0.05) is 23.7 Å². The zero-order valence-corrected chi connectivity index (χ0v) is 32.3. The molecular formula is C41H50N8O6. The summed E-state index contributed by atoms with van der Waals surface area (Å²) in [7, 11) is 2.56. The van der Waals surface area contributed by atoms with Crippen LogP contribution < -0.4 is 10.7 Å². The lowest BCUT2D eigenvalue weighted by Crippen LogP contribution is -2.51. The molecule has 1 aliphatic carbocycles. The molecule has 4 N–H and O–H groups in total. The van der Waals surface area contributed by atoms with Gasteiger partial charge in [0.15, 0.2) is 0 Å². The van der Waals surface area contributed by atoms with E-state index in [1.807, 2.05) is 52.0 Å². The number of benzene rings is 2. The van der Waals surface area contributed by atoms with Crippen LogP contribution in [0, 0.1) is 5.92 Å². The van der Waals surface area contributed by atoms with E-state index in [2.05, 4.69) is 54.9 Å². The van der Waals surface area contributed by atoms with Gasteiger partial charge in [0.25, 0.3) is 5.91 Å². The topological polar surface area (TPSA) is 175 Å². The van der Waals surface area contributed by atoms with E-state index in [0.717, 1.165) is 70.7 Å². The monoisotopic (exact) mass is 750 g/mol. The summed E-state index contributed by atoms with van der Waals surface area (Å²) in [6, 6.07) is 15.3. The number of allylic oxidation sites excluding steroid dienone is 1. The van der Waals surface area contributed by atoms with Gasteiger partial charge in [-0.2, -0.15) is 0 Å². The molecule has 0 saturated carbocycles. The lowest BCUT2D eigenvalue weighted by molar-refractivity contribution is -0.135. The highest BCUT2D eigenvalue weighted by Gasteiger charge is 2.37. The normalized spacial score (nSPS) is 16.3. The summed E-state index contributed by atoms with van der Waals surface area (Å²) in [5.41, 5.74) is 9.79. The zero-order chi connectivity index (χ0) is 39.2. The summed E-state index contributed by atoms with van der Waals surface area (Å²) in [6.45, 7) is 8.06. The van der Waals surface area contributed by atoms with Crippen LogP contribution in [0.2, 0.25) is 0 Å². The van der Waals surface area contributed by atoms with E-state index in [1.165, 1.54) is 19.2 Å². The van der Waals surface area contributed by atoms with Crippen LogP contribution in [0.15, 0.2) is 66.5 Å². The average molecular weight is 751 g/mol. The molecule has 55 heavy (non-hydrogen) atoms. The van der Waals surface area contributed by atoms with Crippen LogP contribution in [0.3, 0.4) is 0 Å². The lowest BCUT2D eigenvalue weighted by atomic mass is 9.90. The second-order valence-corrected chi connectivity index (χ2v) is 14.6. The molecule has 0 bridgehead atoms. The van der Waals surface area contributed by atoms with Crippen LogP contribution in [0.5, 0.6) is 0 Å². The first kappa shape index (κ1) is 38.8. The molecule has 0 spiro atoms. The fourth-order valence-corrected chi connectivity index (χ4v) is 7.26. The number of alkyl carbamates (subject to hydrolysis) is 1. The number of amides is 4. The predicted molar refractivity (Wildman–Crippen MR) is 208 cm³/mol. The molecule has 1 fully saturated rings. The second kappa shape index (κ2) is 17.0. The minimum Gasteiger partial charge on any atom is -0.453 e. The Morgan fingerprint density at radius 1 is 0.782 bits per heavy atom. The van der Waals surface area contributed by atoms with Crippen LogP contribution in [0.25, 0.3) is 39.2 Å². The van der Waals surface area contributed by atoms with Gasteiger partial charge in [0.2, 0.25) is 5.91 Å². The molecule has 2 atom stereocenters. The van der Waals surface area contributed by atoms with E-state index in [0.29, 0.717) is 30.8 Å². The summed E-state index contributed by atoms with van der Waals surface area (Å²) in [5.74, 6) is 0.875. The van der Waals surface area contributed by atoms with Gasteiger partial charge in [-0.1, -0.05) is 62.4 Å². The van der Waals surface area contributed by atoms with Crippen LogP contribution >= 0.6 is 0 Å². The Labute approximate surface area is 321 Å². The first-order chi connectivity index (χ1) is 26.5. The van der Waals surface area contributed by atoms with Crippen molar-refractivity contribution in [3.63, 3.8) is 0 Å². The van der Waals surface area contributed by atoms with Crippen molar-refractivity contribution in [3.8, 4) is 33.6 Å². The van der Waals surface area contributed by atoms with Crippen LogP contribution in [-0.2, 0) is 19.1 Å². The number of carbonyl (C=O) groups excluding carboxylic acids is 4. The molecule has 4 amide bonds. The first-order valence-corrected chi connectivity index (χ1v) is 18.9. The van der Waals surface area contributed by atoms with Crippen LogP contribution in [0.1, 0.15) is 83.9 Å². The molecule has 14 nitrogen and oxygen atoms in total. The molecule has 1 aliphatic heterocycles. The van der Waals surface area contributed by atoms with E-state index in [4.69, 9.17) is 9.47 Å². The standard InChI is InChI=1S/C41H50N8O6/c1-24(2)35(46-40(52)54-5)39(51)48-21-9-12-34(48)37-43-23-33(45-37)29-19-15-27(16-20-29)26-13-17-28(18-14-26)32-22-42-36(44-32)30-10-7-8-11-31(30)38(50)49(25(3)4)47-41(53)55-6/h13-20,22-25,34-35H,7-12,21H2,1-6H3,(H,42,44)(H,43,45)(H,46,52)(H,47,53)/t34-,35-/m0/s1. The van der Waals surface area contributed by atoms with Crippen molar-refractivity contribution >= 4 is 29.6 Å². The molecule has 3 heterocycles. The van der Waals surface area contributed by atoms with Gasteiger partial charge in [-0.05, 0) is 80.5 Å². The Kier molecular flexibility index (Phi) is 12.0. The highest BCUT2D eigenvalue weighted by molar-refractivity contribution is 6.01. The number of nitrogens with one attached hydrogen (secondary N) is 4. The van der Waals surface area contributed by atoms with Gasteiger partial charge >= 0.3 is 12.2 Å². The number of nitrogens with zero attached hydrogens (tertiary/aromatic N) is 4. The molecule has 4 aromatic rings. The van der Waals surface area contributed by atoms with E-state index in [-0.39, 0.29) is 29.8 Å². The van der Waals surface area contributed by atoms with Gasteiger partial charge in [0.05, 0.1) is 44.0 Å². The third kappa shape index (κ3) is 8.58. The number of likely N-dealkylation sites (tertiary alicyclic amines) is 1. The van der Waals surface area contributed by atoms with Crippen molar-refractivity contribution in [2.75, 3.05) is 20.8 Å². The number of aromatic nitrogens is 4. The molecule has 2 aromatic carbocycles. The first-order valence-electron chi connectivity index (χ1n) is 18.9. The molecule has 6 rings (SSSR count). The number of ether oxygens (including phenoxy) is 2. The third-order valence-corrected chi connectivity index (χ3v) is 10.3. The Hall–Kier alpha value is -5.92. The van der Waals surface area contributed by atoms with E-state index in [1.54, 1.807) is 17.3 Å². The zero-order valence-electron chi connectivity index (χ0n) is 32.3. The summed E-state index contributed by atoms with van der Waals surface area (Å²) >= 11 is 0. The Bertz CT molecular complexity index is 2030. The number of hydrazine groups is 1. The van der Waals surface area contributed by atoms with Crippen molar-refractivity contribution in [1.29, 1.82) is 0 Å². The maximum absolute atomic E-state index is 13.6. The molecule has 14 heteroatoms. The number of imidazole rings is 2. The Balaban J connectivity index is 1.14. The molecule has 2 aromatic heterocycles. The highest BCUT2D eigenvalue weighted by Crippen LogP contribution is 2.35. The van der Waals surface area contributed by atoms with Gasteiger partial charge in [-0.3, -0.25) is 9.59 Å². The number of methoxy groups -OCH3 is 2. The predicted octanol–water partition coefficient (Wildman–Crippen LogP) is 7.01. The van der Waals surface area contributed by atoms with Crippen molar-refractivity contribution in [1.82, 2.24) is 40.6 Å². The van der Waals surface area contributed by atoms with E-state index >= 15 is 0 Å². The van der Waals surface area contributed by atoms with E-state index in [9.17, 15) is 19.2 Å². The summed E-state index contributed by atoms with van der Waals surface area (Å²) in [4.78, 5) is 69.1. The number of hydrogen-bond acceptors (Lipinski definition) is 8. The maximum Gasteiger partial charge on any atom is 0.425 e. The molecule has 2 aliphatic rings. The second-order valence-electron chi connectivity index (χ2n) is 14.6. The van der Waals surface area contributed by atoms with Crippen LogP contribution in [-0.4, -0.2) is 86.7 Å². The molecule has 0 unspecified atom stereocenters. The molecule has 1 saturated heterocycles. The smallest absolute Gasteiger partial charge is 0.425 e. The number of rotatable bonds is 10. The number of carbonyl (C=O) groups is 4. The average Bonchev–Trinajstić information content (AvgIpc) is 4.00. The molecular weight excluding hydrogens is 701 g/mol. The van der Waals surface area contributed by atoms with E-state index < -0.39 is 18.2 Å². The minimum absolute atomic E-state index is 0.106. The SMILES string of the molecule is COC(=O)N[C@H](C(=O)N1CCC[C@H]1c1ncc(-c2ccc(-c3ccc(-c4cnc(C5=C(C(=O)N(NC(=O)OC)C(C)C)CCCC5)[nH]4)cc3)cc2)[nH]1)C(C)C. The quantitative estimate of drug-likeness (QED) is 0.125. The van der Waals surface area contributed by atoms with Gasteiger partial charge in [0.1, 0.15) is 17.7 Å². The highest BCUT2D eigenvalue weighted by atomic mass is 16.5. The van der Waals surface area contributed by atoms with Crippen LogP contribution in [0.4, 0.5) is 9.59 Å².